The van der Waals surface area contributed by atoms with Gasteiger partial charge in [0.05, 0.1) is 17.7 Å². The van der Waals surface area contributed by atoms with E-state index in [4.69, 9.17) is 9.47 Å². The summed E-state index contributed by atoms with van der Waals surface area (Å²) in [4.78, 5) is 16.1. The number of anilines is 1. The fraction of sp³-hybridized carbons (Fsp3) is 0.353. The molecule has 1 fully saturated rings. The first-order valence-corrected chi connectivity index (χ1v) is 8.05. The maximum Gasteiger partial charge on any atom is 0.357 e. The molecule has 0 amide bonds. The van der Waals surface area contributed by atoms with Gasteiger partial charge in [-0.05, 0) is 31.0 Å². The molecule has 1 saturated heterocycles. The Labute approximate surface area is 139 Å². The van der Waals surface area contributed by atoms with E-state index in [0.29, 0.717) is 19.0 Å². The van der Waals surface area contributed by atoms with Gasteiger partial charge in [0.2, 0.25) is 0 Å². The number of benzene rings is 1. The Morgan fingerprint density at radius 1 is 1.21 bits per heavy atom. The molecule has 2 aliphatic rings. The maximum absolute atomic E-state index is 11.3. The molecule has 1 N–H and O–H groups in total. The average Bonchev–Trinajstić information content (AvgIpc) is 3.11. The first-order valence-electron chi connectivity index (χ1n) is 8.05. The lowest BCUT2D eigenvalue weighted by Gasteiger charge is -2.22. The summed E-state index contributed by atoms with van der Waals surface area (Å²) in [5, 5.41) is 11.3. The molecule has 7 nitrogen and oxygen atoms in total. The summed E-state index contributed by atoms with van der Waals surface area (Å²) in [5.41, 5.74) is 1.19. The second-order valence-corrected chi connectivity index (χ2v) is 5.92. The number of ether oxygens (including phenoxy) is 2. The largest absolute Gasteiger partial charge is 0.486 e. The number of pyridine rings is 1. The molecule has 0 spiro atoms. The molecular weight excluding hydrogens is 310 g/mol. The standard InChI is InChI=1S/C17H17N3O4/c21-20(22)14-3-1-7-18-17(14)19-8-2-4-13(19)12-5-6-15-16(11-12)24-10-9-23-15/h1,3,5-7,11,13H,2,4,8-10H2/p+1/t13-/m0/s1. The highest BCUT2D eigenvalue weighted by molar-refractivity contribution is 5.56. The van der Waals surface area contributed by atoms with Gasteiger partial charge in [-0.1, -0.05) is 6.07 Å². The second kappa shape index (κ2) is 5.99. The zero-order valence-corrected chi connectivity index (χ0v) is 13.1. The number of rotatable bonds is 3. The zero-order chi connectivity index (χ0) is 16.5. The highest BCUT2D eigenvalue weighted by atomic mass is 16.6. The molecule has 0 saturated carbocycles. The van der Waals surface area contributed by atoms with E-state index in [1.54, 1.807) is 12.3 Å². The molecule has 2 aromatic rings. The summed E-state index contributed by atoms with van der Waals surface area (Å²) in [7, 11) is 0. The van der Waals surface area contributed by atoms with Crippen LogP contribution in [-0.4, -0.2) is 24.7 Å². The Balaban J connectivity index is 1.70. The van der Waals surface area contributed by atoms with Gasteiger partial charge in [-0.25, -0.2) is 9.88 Å². The number of H-pyrrole nitrogens is 1. The topological polar surface area (TPSA) is 79.0 Å². The van der Waals surface area contributed by atoms with Gasteiger partial charge in [-0.3, -0.25) is 10.1 Å². The van der Waals surface area contributed by atoms with Crippen LogP contribution in [-0.2, 0) is 0 Å². The van der Waals surface area contributed by atoms with E-state index in [0.717, 1.165) is 36.4 Å². The Kier molecular flexibility index (Phi) is 3.68. The highest BCUT2D eigenvalue weighted by Crippen LogP contribution is 2.40. The van der Waals surface area contributed by atoms with Crippen LogP contribution in [0.3, 0.4) is 0 Å². The summed E-state index contributed by atoms with van der Waals surface area (Å²) in [6, 6.07) is 9.20. The normalized spacial score (nSPS) is 19.3. The SMILES string of the molecule is O=[N+]([O-])c1ccc[nH+]c1N1CCC[C@H]1c1ccc2c(c1)OCCO2. The Morgan fingerprint density at radius 2 is 2.04 bits per heavy atom. The molecule has 0 radical (unpaired) electrons. The predicted octanol–water partition coefficient (Wildman–Crippen LogP) is 2.52. The number of hydrogen-bond acceptors (Lipinski definition) is 5. The van der Waals surface area contributed by atoms with Crippen molar-refractivity contribution in [1.29, 1.82) is 0 Å². The van der Waals surface area contributed by atoms with E-state index in [9.17, 15) is 10.1 Å². The van der Waals surface area contributed by atoms with Gasteiger partial charge >= 0.3 is 11.5 Å². The van der Waals surface area contributed by atoms with Crippen LogP contribution in [0.2, 0.25) is 0 Å². The quantitative estimate of drug-likeness (QED) is 0.639. The average molecular weight is 328 g/mol. The van der Waals surface area contributed by atoms with Gasteiger partial charge < -0.3 is 9.47 Å². The van der Waals surface area contributed by atoms with Crippen LogP contribution in [0.1, 0.15) is 24.4 Å². The van der Waals surface area contributed by atoms with Crippen molar-refractivity contribution in [1.82, 2.24) is 0 Å². The molecule has 0 bridgehead atoms. The smallest absolute Gasteiger partial charge is 0.357 e. The number of nitro groups is 1. The minimum atomic E-state index is -0.342. The molecule has 24 heavy (non-hydrogen) atoms. The number of fused-ring (bicyclic) bond motifs is 1. The van der Waals surface area contributed by atoms with Crippen molar-refractivity contribution in [3.05, 3.63) is 52.2 Å². The van der Waals surface area contributed by atoms with E-state index in [-0.39, 0.29) is 16.7 Å². The van der Waals surface area contributed by atoms with Crippen molar-refractivity contribution in [3.63, 3.8) is 0 Å². The van der Waals surface area contributed by atoms with Crippen LogP contribution < -0.4 is 19.4 Å². The third-order valence-corrected chi connectivity index (χ3v) is 4.50. The second-order valence-electron chi connectivity index (χ2n) is 5.92. The first kappa shape index (κ1) is 14.7. The predicted molar refractivity (Wildman–Crippen MR) is 86.4 cm³/mol. The molecule has 0 aliphatic carbocycles. The van der Waals surface area contributed by atoms with E-state index in [1.165, 1.54) is 6.07 Å². The van der Waals surface area contributed by atoms with Crippen molar-refractivity contribution in [2.45, 2.75) is 18.9 Å². The van der Waals surface area contributed by atoms with Crippen molar-refractivity contribution in [3.8, 4) is 11.5 Å². The summed E-state index contributed by atoms with van der Waals surface area (Å²) in [6.45, 7) is 1.89. The Hall–Kier alpha value is -2.83. The number of nitrogens with one attached hydrogen (secondary N) is 1. The molecular formula is C17H18N3O4+. The fourth-order valence-corrected chi connectivity index (χ4v) is 3.44. The van der Waals surface area contributed by atoms with Crippen molar-refractivity contribution < 1.29 is 19.4 Å². The molecule has 1 aromatic carbocycles. The zero-order valence-electron chi connectivity index (χ0n) is 13.1. The first-order chi connectivity index (χ1) is 11.7. The number of nitrogens with zero attached hydrogens (tertiary/aromatic N) is 2. The summed E-state index contributed by atoms with van der Waals surface area (Å²) < 4.78 is 11.2. The summed E-state index contributed by atoms with van der Waals surface area (Å²) in [6.07, 6.45) is 3.65. The van der Waals surface area contributed by atoms with Crippen molar-refractivity contribution >= 4 is 11.5 Å². The molecule has 1 aromatic heterocycles. The molecule has 0 unspecified atom stereocenters. The van der Waals surface area contributed by atoms with Crippen LogP contribution in [0.15, 0.2) is 36.5 Å². The lowest BCUT2D eigenvalue weighted by molar-refractivity contribution is -0.411. The maximum atomic E-state index is 11.3. The summed E-state index contributed by atoms with van der Waals surface area (Å²) in [5.74, 6) is 2.06. The van der Waals surface area contributed by atoms with Crippen LogP contribution in [0, 0.1) is 10.1 Å². The van der Waals surface area contributed by atoms with Gasteiger partial charge in [0.1, 0.15) is 19.3 Å². The lowest BCUT2D eigenvalue weighted by atomic mass is 10.0. The van der Waals surface area contributed by atoms with Crippen molar-refractivity contribution in [2.75, 3.05) is 24.7 Å². The third-order valence-electron chi connectivity index (χ3n) is 4.50. The Bertz CT molecular complexity index is 780. The van der Waals surface area contributed by atoms with E-state index in [2.05, 4.69) is 9.88 Å². The van der Waals surface area contributed by atoms with Gasteiger partial charge in [-0.2, -0.15) is 0 Å². The van der Waals surface area contributed by atoms with Gasteiger partial charge in [-0.15, -0.1) is 0 Å². The molecule has 124 valence electrons. The fourth-order valence-electron chi connectivity index (χ4n) is 3.44. The third kappa shape index (κ3) is 2.51. The van der Waals surface area contributed by atoms with Gasteiger partial charge in [0.15, 0.2) is 11.5 Å². The highest BCUT2D eigenvalue weighted by Gasteiger charge is 2.38. The lowest BCUT2D eigenvalue weighted by Crippen LogP contribution is -2.29. The Morgan fingerprint density at radius 3 is 2.88 bits per heavy atom. The number of aromatic nitrogens is 1. The minimum absolute atomic E-state index is 0.0816. The molecule has 7 heteroatoms. The van der Waals surface area contributed by atoms with Crippen LogP contribution in [0.25, 0.3) is 0 Å². The van der Waals surface area contributed by atoms with E-state index in [1.807, 2.05) is 18.2 Å². The van der Waals surface area contributed by atoms with Crippen LogP contribution in [0.4, 0.5) is 11.5 Å². The minimum Gasteiger partial charge on any atom is -0.486 e. The van der Waals surface area contributed by atoms with Crippen LogP contribution >= 0.6 is 0 Å². The number of hydrogen-bond donors (Lipinski definition) is 0. The van der Waals surface area contributed by atoms with Crippen molar-refractivity contribution in [2.24, 2.45) is 0 Å². The van der Waals surface area contributed by atoms with Gasteiger partial charge in [0, 0.05) is 11.6 Å². The molecule has 1 atom stereocenters. The van der Waals surface area contributed by atoms with E-state index >= 15 is 0 Å². The molecule has 4 rings (SSSR count). The van der Waals surface area contributed by atoms with Gasteiger partial charge in [0.25, 0.3) is 0 Å². The molecule has 2 aliphatic heterocycles. The number of aromatic amines is 1. The van der Waals surface area contributed by atoms with E-state index < -0.39 is 0 Å². The molecule has 3 heterocycles. The summed E-state index contributed by atoms with van der Waals surface area (Å²) >= 11 is 0. The monoisotopic (exact) mass is 328 g/mol. The van der Waals surface area contributed by atoms with Crippen LogP contribution in [0.5, 0.6) is 11.5 Å².